The summed E-state index contributed by atoms with van der Waals surface area (Å²) >= 11 is 2.23. The van der Waals surface area contributed by atoms with Gasteiger partial charge in [0.2, 0.25) is 21.8 Å². The zero-order valence-electron chi connectivity index (χ0n) is 26.9. The summed E-state index contributed by atoms with van der Waals surface area (Å²) < 4.78 is 39.0. The van der Waals surface area contributed by atoms with Crippen molar-refractivity contribution in [2.75, 3.05) is 49.3 Å². The minimum absolute atomic E-state index is 0.299. The van der Waals surface area contributed by atoms with Crippen LogP contribution in [0.15, 0.2) is 76.1 Å². The van der Waals surface area contributed by atoms with Crippen LogP contribution in [0.4, 0.5) is 11.6 Å². The third-order valence-corrected chi connectivity index (χ3v) is 10.2. The van der Waals surface area contributed by atoms with Crippen molar-refractivity contribution in [3.63, 3.8) is 0 Å². The molecule has 2 aromatic heterocycles. The number of methoxy groups -OCH3 is 1. The van der Waals surface area contributed by atoms with E-state index in [0.717, 1.165) is 42.8 Å². The molecule has 5 rings (SSSR count). The maximum absolute atomic E-state index is 12.8. The van der Waals surface area contributed by atoms with Gasteiger partial charge in [0, 0.05) is 55.0 Å². The maximum Gasteiger partial charge on any atom is 0.248 e. The second-order valence-corrected chi connectivity index (χ2v) is 14.6. The molecule has 10 nitrogen and oxygen atoms in total. The lowest BCUT2D eigenvalue weighted by Gasteiger charge is -2.27. The average Bonchev–Trinajstić information content (AvgIpc) is 3.52. The monoisotopic (exact) mass is 756 g/mol. The Labute approximate surface area is 285 Å². The predicted octanol–water partition coefficient (Wildman–Crippen LogP) is 6.56. The van der Waals surface area contributed by atoms with Gasteiger partial charge < -0.3 is 14.1 Å². The molecule has 0 saturated heterocycles. The molecule has 244 valence electrons. The molecule has 3 atom stereocenters. The lowest BCUT2D eigenvalue weighted by atomic mass is 10.0. The number of hydrogen-bond donors (Lipinski definition) is 0. The summed E-state index contributed by atoms with van der Waals surface area (Å²) in [6, 6.07) is 21.6. The standard InChI is InChI=1S/C34H41IN6O4S/c1-23-19-27(23)22-41(17-12-18-44-4)30-20-28(29(21-35)32(37-30)40(3)46(5,42)43)34-39-38-33(45-34)24(2)36-31(25-13-8-6-9-14-25)26-15-10-7-11-16-26/h6-11,13-16,20,23-24,27H,12,17-19,21-22H2,1-5H3. The van der Waals surface area contributed by atoms with E-state index in [1.165, 1.54) is 17.6 Å². The van der Waals surface area contributed by atoms with E-state index in [2.05, 4.69) is 44.6 Å². The Morgan fingerprint density at radius 3 is 2.28 bits per heavy atom. The molecule has 0 N–H and O–H groups in total. The van der Waals surface area contributed by atoms with Crippen LogP contribution in [0.25, 0.3) is 11.5 Å². The summed E-state index contributed by atoms with van der Waals surface area (Å²) in [6.45, 7) is 6.34. The predicted molar refractivity (Wildman–Crippen MR) is 191 cm³/mol. The van der Waals surface area contributed by atoms with Crippen molar-refractivity contribution in [2.45, 2.75) is 37.2 Å². The highest BCUT2D eigenvalue weighted by atomic mass is 127. The van der Waals surface area contributed by atoms with Crippen LogP contribution in [-0.4, -0.2) is 69.4 Å². The first-order valence-corrected chi connectivity index (χ1v) is 18.8. The Hall–Kier alpha value is -3.36. The second kappa shape index (κ2) is 15.0. The van der Waals surface area contributed by atoms with Gasteiger partial charge in [-0.25, -0.2) is 13.4 Å². The van der Waals surface area contributed by atoms with Gasteiger partial charge in [-0.15, -0.1) is 10.2 Å². The second-order valence-electron chi connectivity index (χ2n) is 11.8. The molecule has 2 heterocycles. The summed E-state index contributed by atoms with van der Waals surface area (Å²) in [5.41, 5.74) is 4.16. The van der Waals surface area contributed by atoms with Crippen molar-refractivity contribution in [3.05, 3.63) is 89.3 Å². The molecule has 1 aliphatic carbocycles. The van der Waals surface area contributed by atoms with Gasteiger partial charge in [0.05, 0.1) is 17.5 Å². The first kappa shape index (κ1) is 34.0. The average molecular weight is 757 g/mol. The molecule has 1 saturated carbocycles. The highest BCUT2D eigenvalue weighted by Gasteiger charge is 2.35. The van der Waals surface area contributed by atoms with Gasteiger partial charge in [-0.3, -0.25) is 9.30 Å². The number of ether oxygens (including phenoxy) is 1. The summed E-state index contributed by atoms with van der Waals surface area (Å²) in [4.78, 5) is 12.2. The van der Waals surface area contributed by atoms with Crippen molar-refractivity contribution in [2.24, 2.45) is 16.8 Å². The van der Waals surface area contributed by atoms with Crippen LogP contribution in [0.5, 0.6) is 0 Å². The van der Waals surface area contributed by atoms with Crippen molar-refractivity contribution < 1.29 is 17.6 Å². The van der Waals surface area contributed by atoms with Crippen LogP contribution in [0.2, 0.25) is 0 Å². The number of hydrogen-bond acceptors (Lipinski definition) is 9. The number of aliphatic imine (C=N–C) groups is 1. The van der Waals surface area contributed by atoms with E-state index >= 15 is 0 Å². The highest BCUT2D eigenvalue weighted by Crippen LogP contribution is 2.41. The molecule has 46 heavy (non-hydrogen) atoms. The molecule has 1 fully saturated rings. The van der Waals surface area contributed by atoms with Crippen LogP contribution in [-0.2, 0) is 19.2 Å². The molecular weight excluding hydrogens is 715 g/mol. The summed E-state index contributed by atoms with van der Waals surface area (Å²) in [6.07, 6.45) is 3.15. The number of sulfonamides is 1. The van der Waals surface area contributed by atoms with Crippen molar-refractivity contribution >= 4 is 50.0 Å². The molecule has 0 spiro atoms. The Kier molecular flexibility index (Phi) is 11.1. The zero-order chi connectivity index (χ0) is 32.8. The number of rotatable bonds is 15. The quantitative estimate of drug-likeness (QED) is 0.0581. The van der Waals surface area contributed by atoms with Gasteiger partial charge in [-0.2, -0.15) is 0 Å². The largest absolute Gasteiger partial charge is 0.418 e. The fourth-order valence-corrected chi connectivity index (χ4v) is 6.57. The molecule has 12 heteroatoms. The number of anilines is 2. The first-order chi connectivity index (χ1) is 22.1. The molecule has 3 unspecified atom stereocenters. The minimum Gasteiger partial charge on any atom is -0.418 e. The van der Waals surface area contributed by atoms with E-state index < -0.39 is 16.1 Å². The van der Waals surface area contributed by atoms with Gasteiger partial charge in [0.1, 0.15) is 17.7 Å². The number of aromatic nitrogens is 3. The Morgan fingerprint density at radius 1 is 1.11 bits per heavy atom. The fraction of sp³-hybridized carbons (Fsp3) is 0.412. The molecule has 0 radical (unpaired) electrons. The highest BCUT2D eigenvalue weighted by molar-refractivity contribution is 14.1. The number of pyridine rings is 1. The zero-order valence-corrected chi connectivity index (χ0v) is 29.9. The van der Waals surface area contributed by atoms with Crippen molar-refractivity contribution in [3.8, 4) is 11.5 Å². The molecule has 2 aromatic carbocycles. The lowest BCUT2D eigenvalue weighted by Crippen LogP contribution is -2.31. The minimum atomic E-state index is -3.60. The number of benzene rings is 2. The summed E-state index contributed by atoms with van der Waals surface area (Å²) in [5.74, 6) is 2.89. The summed E-state index contributed by atoms with van der Waals surface area (Å²) in [5, 5.41) is 8.90. The smallest absolute Gasteiger partial charge is 0.248 e. The van der Waals surface area contributed by atoms with Crippen LogP contribution in [0.1, 0.15) is 55.3 Å². The lowest BCUT2D eigenvalue weighted by molar-refractivity contribution is 0.196. The third-order valence-electron chi connectivity index (χ3n) is 8.30. The summed E-state index contributed by atoms with van der Waals surface area (Å²) in [7, 11) is -0.375. The number of nitrogens with zero attached hydrogens (tertiary/aromatic N) is 6. The Morgan fingerprint density at radius 2 is 1.74 bits per heavy atom. The normalized spacial score (nSPS) is 16.6. The van der Waals surface area contributed by atoms with Crippen LogP contribution >= 0.6 is 22.6 Å². The van der Waals surface area contributed by atoms with Gasteiger partial charge in [-0.1, -0.05) is 90.2 Å². The Bertz CT molecular complexity index is 1710. The SMILES string of the molecule is COCCCN(CC1CC1C)c1cc(-c2nnc(C(C)N=C(c3ccccc3)c3ccccc3)o2)c(CI)c(N(C)S(C)(=O)=O)n1. The fourth-order valence-electron chi connectivity index (χ4n) is 5.35. The van der Waals surface area contributed by atoms with Crippen molar-refractivity contribution in [1.29, 1.82) is 0 Å². The number of halogens is 1. The Balaban J connectivity index is 1.58. The van der Waals surface area contributed by atoms with E-state index in [1.54, 1.807) is 7.11 Å². The molecule has 0 amide bonds. The maximum atomic E-state index is 12.8. The van der Waals surface area contributed by atoms with E-state index in [9.17, 15) is 8.42 Å². The van der Waals surface area contributed by atoms with E-state index in [-0.39, 0.29) is 0 Å². The van der Waals surface area contributed by atoms with E-state index in [0.29, 0.717) is 57.4 Å². The van der Waals surface area contributed by atoms with Crippen LogP contribution in [0.3, 0.4) is 0 Å². The molecular formula is C34H41IN6O4S. The van der Waals surface area contributed by atoms with E-state index in [4.69, 9.17) is 19.1 Å². The van der Waals surface area contributed by atoms with Gasteiger partial charge in [-0.05, 0) is 37.7 Å². The van der Waals surface area contributed by atoms with E-state index in [1.807, 2.05) is 73.7 Å². The molecule has 0 bridgehead atoms. The number of alkyl halides is 1. The molecule has 4 aromatic rings. The van der Waals surface area contributed by atoms with Crippen LogP contribution < -0.4 is 9.21 Å². The van der Waals surface area contributed by atoms with Gasteiger partial charge in [0.15, 0.2) is 0 Å². The molecule has 1 aliphatic rings. The van der Waals surface area contributed by atoms with Crippen molar-refractivity contribution in [1.82, 2.24) is 15.2 Å². The molecule has 0 aliphatic heterocycles. The van der Waals surface area contributed by atoms with Gasteiger partial charge in [0.25, 0.3) is 0 Å². The topological polar surface area (TPSA) is 114 Å². The third kappa shape index (κ3) is 8.13. The van der Waals surface area contributed by atoms with Crippen LogP contribution in [0, 0.1) is 11.8 Å². The van der Waals surface area contributed by atoms with Gasteiger partial charge >= 0.3 is 0 Å². The first-order valence-electron chi connectivity index (χ1n) is 15.4.